The zero-order valence-electron chi connectivity index (χ0n) is 8.20. The second-order valence-electron chi connectivity index (χ2n) is 3.27. The van der Waals surface area contributed by atoms with Crippen molar-refractivity contribution < 1.29 is 0 Å². The Morgan fingerprint density at radius 1 is 1.20 bits per heavy atom. The van der Waals surface area contributed by atoms with Gasteiger partial charge in [-0.15, -0.1) is 0 Å². The van der Waals surface area contributed by atoms with Gasteiger partial charge in [0.05, 0.1) is 12.7 Å². The molecule has 78 valence electrons. The molecule has 0 radical (unpaired) electrons. The lowest BCUT2D eigenvalue weighted by Gasteiger charge is -2.02. The van der Waals surface area contributed by atoms with Crippen molar-refractivity contribution in [2.24, 2.45) is 0 Å². The molecule has 0 saturated carbocycles. The van der Waals surface area contributed by atoms with Crippen molar-refractivity contribution in [1.29, 1.82) is 0 Å². The molecular weight excluding hydrogens is 254 g/mol. The van der Waals surface area contributed by atoms with Crippen LogP contribution in [0.3, 0.4) is 0 Å². The smallest absolute Gasteiger partial charge is 0.120 e. The van der Waals surface area contributed by atoms with Crippen LogP contribution >= 0.6 is 15.9 Å². The molecule has 1 aromatic heterocycles. The zero-order chi connectivity index (χ0) is 10.5. The van der Waals surface area contributed by atoms with Crippen molar-refractivity contribution in [3.63, 3.8) is 0 Å². The SMILES string of the molecule is Brc1cnc(CNCc2ccccc2)[nH]1. The van der Waals surface area contributed by atoms with Gasteiger partial charge in [0.15, 0.2) is 0 Å². The number of halogens is 1. The van der Waals surface area contributed by atoms with Gasteiger partial charge in [0.2, 0.25) is 0 Å². The van der Waals surface area contributed by atoms with Crippen LogP contribution in [0.25, 0.3) is 0 Å². The average Bonchev–Trinajstić information content (AvgIpc) is 2.66. The van der Waals surface area contributed by atoms with E-state index in [4.69, 9.17) is 0 Å². The summed E-state index contributed by atoms with van der Waals surface area (Å²) in [6.45, 7) is 1.61. The van der Waals surface area contributed by atoms with Gasteiger partial charge in [-0.2, -0.15) is 0 Å². The number of nitrogens with one attached hydrogen (secondary N) is 2. The van der Waals surface area contributed by atoms with Gasteiger partial charge in [0.1, 0.15) is 10.4 Å². The lowest BCUT2D eigenvalue weighted by Crippen LogP contribution is -2.13. The molecule has 1 heterocycles. The van der Waals surface area contributed by atoms with E-state index in [-0.39, 0.29) is 0 Å². The molecule has 3 nitrogen and oxygen atoms in total. The Labute approximate surface area is 97.1 Å². The lowest BCUT2D eigenvalue weighted by molar-refractivity contribution is 0.668. The number of H-pyrrole nitrogens is 1. The second-order valence-corrected chi connectivity index (χ2v) is 4.12. The third kappa shape index (κ3) is 3.18. The van der Waals surface area contributed by atoms with Crippen molar-refractivity contribution in [2.45, 2.75) is 13.1 Å². The van der Waals surface area contributed by atoms with E-state index >= 15 is 0 Å². The monoisotopic (exact) mass is 265 g/mol. The van der Waals surface area contributed by atoms with Crippen LogP contribution in [-0.2, 0) is 13.1 Å². The predicted octanol–water partition coefficient (Wildman–Crippen LogP) is 2.46. The molecule has 0 atom stereocenters. The van der Waals surface area contributed by atoms with Crippen LogP contribution in [0.1, 0.15) is 11.4 Å². The maximum atomic E-state index is 4.18. The first-order valence-electron chi connectivity index (χ1n) is 4.78. The molecule has 0 aliphatic carbocycles. The average molecular weight is 266 g/mol. The summed E-state index contributed by atoms with van der Waals surface area (Å²) in [7, 11) is 0. The fourth-order valence-electron chi connectivity index (χ4n) is 1.35. The highest BCUT2D eigenvalue weighted by Gasteiger charge is 1.97. The quantitative estimate of drug-likeness (QED) is 0.892. The molecule has 2 N–H and O–H groups in total. The number of nitrogens with zero attached hydrogens (tertiary/aromatic N) is 1. The first-order chi connectivity index (χ1) is 7.34. The van der Waals surface area contributed by atoms with Crippen LogP contribution in [0.2, 0.25) is 0 Å². The van der Waals surface area contributed by atoms with E-state index in [0.717, 1.165) is 23.5 Å². The summed E-state index contributed by atoms with van der Waals surface area (Å²) < 4.78 is 0.916. The van der Waals surface area contributed by atoms with Gasteiger partial charge in [-0.05, 0) is 21.5 Å². The van der Waals surface area contributed by atoms with Gasteiger partial charge in [0, 0.05) is 6.54 Å². The summed E-state index contributed by atoms with van der Waals surface area (Å²) in [4.78, 5) is 7.29. The molecule has 0 spiro atoms. The van der Waals surface area contributed by atoms with E-state index < -0.39 is 0 Å². The lowest BCUT2D eigenvalue weighted by atomic mass is 10.2. The van der Waals surface area contributed by atoms with Crippen LogP contribution < -0.4 is 5.32 Å². The van der Waals surface area contributed by atoms with Gasteiger partial charge in [-0.25, -0.2) is 4.98 Å². The highest BCUT2D eigenvalue weighted by Crippen LogP contribution is 2.04. The molecule has 15 heavy (non-hydrogen) atoms. The van der Waals surface area contributed by atoms with Crippen LogP contribution in [0.5, 0.6) is 0 Å². The predicted molar refractivity (Wildman–Crippen MR) is 63.3 cm³/mol. The Balaban J connectivity index is 1.80. The Hall–Kier alpha value is -1.13. The van der Waals surface area contributed by atoms with E-state index in [1.807, 2.05) is 18.2 Å². The molecule has 0 saturated heterocycles. The van der Waals surface area contributed by atoms with Crippen LogP contribution in [0.15, 0.2) is 41.1 Å². The summed E-state index contributed by atoms with van der Waals surface area (Å²) in [6.07, 6.45) is 1.76. The van der Waals surface area contributed by atoms with Crippen molar-refractivity contribution in [1.82, 2.24) is 15.3 Å². The Kier molecular flexibility index (Phi) is 3.53. The Bertz CT molecular complexity index is 411. The van der Waals surface area contributed by atoms with Crippen molar-refractivity contribution in [3.05, 3.63) is 52.5 Å². The van der Waals surface area contributed by atoms with E-state index in [9.17, 15) is 0 Å². The summed E-state index contributed by atoms with van der Waals surface area (Å²) in [5.41, 5.74) is 1.28. The molecule has 0 unspecified atom stereocenters. The maximum absolute atomic E-state index is 4.18. The molecule has 2 rings (SSSR count). The Morgan fingerprint density at radius 3 is 2.67 bits per heavy atom. The fourth-order valence-corrected chi connectivity index (χ4v) is 1.68. The number of aromatic amines is 1. The highest BCUT2D eigenvalue weighted by atomic mass is 79.9. The molecule has 1 aromatic carbocycles. The second kappa shape index (κ2) is 5.09. The van der Waals surface area contributed by atoms with Crippen LogP contribution in [0, 0.1) is 0 Å². The van der Waals surface area contributed by atoms with Gasteiger partial charge in [0.25, 0.3) is 0 Å². The number of imidazole rings is 1. The van der Waals surface area contributed by atoms with E-state index in [0.29, 0.717) is 0 Å². The highest BCUT2D eigenvalue weighted by molar-refractivity contribution is 9.10. The van der Waals surface area contributed by atoms with Crippen molar-refractivity contribution >= 4 is 15.9 Å². The van der Waals surface area contributed by atoms with Crippen LogP contribution in [0.4, 0.5) is 0 Å². The first kappa shape index (κ1) is 10.4. The van der Waals surface area contributed by atoms with Gasteiger partial charge in [-0.1, -0.05) is 30.3 Å². The molecule has 0 amide bonds. The molecular formula is C11H12BrN3. The molecule has 0 bridgehead atoms. The third-order valence-corrected chi connectivity index (χ3v) is 2.46. The summed E-state index contributed by atoms with van der Waals surface area (Å²) in [5.74, 6) is 0.942. The van der Waals surface area contributed by atoms with E-state index in [2.05, 4.69) is 43.3 Å². The minimum absolute atomic E-state index is 0.750. The number of rotatable bonds is 4. The molecule has 4 heteroatoms. The van der Waals surface area contributed by atoms with E-state index in [1.165, 1.54) is 5.56 Å². The topological polar surface area (TPSA) is 40.7 Å². The van der Waals surface area contributed by atoms with E-state index in [1.54, 1.807) is 6.20 Å². The third-order valence-electron chi connectivity index (χ3n) is 2.06. The summed E-state index contributed by atoms with van der Waals surface area (Å²) in [6, 6.07) is 10.3. The molecule has 0 aliphatic rings. The van der Waals surface area contributed by atoms with Gasteiger partial charge in [-0.3, -0.25) is 0 Å². The number of aromatic nitrogens is 2. The summed E-state index contributed by atoms with van der Waals surface area (Å²) >= 11 is 3.32. The number of hydrogen-bond donors (Lipinski definition) is 2. The minimum Gasteiger partial charge on any atom is -0.336 e. The largest absolute Gasteiger partial charge is 0.336 e. The van der Waals surface area contributed by atoms with Crippen molar-refractivity contribution in [2.75, 3.05) is 0 Å². The standard InChI is InChI=1S/C11H12BrN3/c12-10-7-14-11(15-10)8-13-6-9-4-2-1-3-5-9/h1-5,7,13H,6,8H2,(H,14,15). The summed E-state index contributed by atoms with van der Waals surface area (Å²) in [5, 5.41) is 3.32. The first-order valence-corrected chi connectivity index (χ1v) is 5.58. The van der Waals surface area contributed by atoms with Gasteiger partial charge < -0.3 is 10.3 Å². The van der Waals surface area contributed by atoms with Crippen LogP contribution in [-0.4, -0.2) is 9.97 Å². The zero-order valence-corrected chi connectivity index (χ0v) is 9.79. The molecule has 0 fully saturated rings. The molecule has 0 aliphatic heterocycles. The number of hydrogen-bond acceptors (Lipinski definition) is 2. The Morgan fingerprint density at radius 2 is 2.00 bits per heavy atom. The number of benzene rings is 1. The normalized spacial score (nSPS) is 10.5. The maximum Gasteiger partial charge on any atom is 0.120 e. The minimum atomic E-state index is 0.750. The fraction of sp³-hybridized carbons (Fsp3) is 0.182. The van der Waals surface area contributed by atoms with Gasteiger partial charge >= 0.3 is 0 Å². The molecule has 2 aromatic rings. The van der Waals surface area contributed by atoms with Crippen molar-refractivity contribution in [3.8, 4) is 0 Å².